The normalized spacial score (nSPS) is 14.1. The van der Waals surface area contributed by atoms with Crippen LogP contribution < -0.4 is 25.5 Å². The number of hydrogen-bond donors (Lipinski definition) is 0. The molecule has 292 valence electrons. The fraction of sp³-hybridized carbons (Fsp3) is 0.296. The molecule has 0 amide bonds. The molecular weight excluding hydrogens is 719 g/mol. The van der Waals surface area contributed by atoms with Crippen molar-refractivity contribution in [3.05, 3.63) is 150 Å². The maximum Gasteiger partial charge on any atom is 0.264 e. The zero-order valence-electron chi connectivity index (χ0n) is 36.5. The highest BCUT2D eigenvalue weighted by atomic mass is 32.1. The second kappa shape index (κ2) is 13.2. The Labute approximate surface area is 351 Å². The summed E-state index contributed by atoms with van der Waals surface area (Å²) < 4.78 is 2.75. The number of anilines is 6. The molecule has 2 aliphatic heterocycles. The van der Waals surface area contributed by atoms with Crippen LogP contribution in [0.5, 0.6) is 0 Å². The van der Waals surface area contributed by atoms with Gasteiger partial charge in [0, 0.05) is 43.3 Å². The molecule has 0 N–H and O–H groups in total. The van der Waals surface area contributed by atoms with E-state index < -0.39 is 0 Å². The summed E-state index contributed by atoms with van der Waals surface area (Å²) in [6.45, 7) is 27.9. The summed E-state index contributed by atoms with van der Waals surface area (Å²) in [6.07, 6.45) is 0. The van der Waals surface area contributed by atoms with E-state index in [1.54, 1.807) is 0 Å². The van der Waals surface area contributed by atoms with Crippen LogP contribution in [0.4, 0.5) is 34.1 Å². The van der Waals surface area contributed by atoms with E-state index in [1.165, 1.54) is 93.3 Å². The van der Waals surface area contributed by atoms with Crippen LogP contribution in [0.15, 0.2) is 127 Å². The third-order valence-electron chi connectivity index (χ3n) is 12.5. The maximum absolute atomic E-state index is 2.62. The fourth-order valence-corrected chi connectivity index (χ4v) is 10.3. The van der Waals surface area contributed by atoms with Gasteiger partial charge in [-0.1, -0.05) is 156 Å². The van der Waals surface area contributed by atoms with E-state index in [0.717, 1.165) is 0 Å². The zero-order chi connectivity index (χ0) is 41.1. The highest BCUT2D eigenvalue weighted by Gasteiger charge is 2.46. The summed E-state index contributed by atoms with van der Waals surface area (Å²) >= 11 is 1.98. The molecule has 58 heavy (non-hydrogen) atoms. The van der Waals surface area contributed by atoms with Crippen LogP contribution in [0.2, 0.25) is 0 Å². The van der Waals surface area contributed by atoms with Gasteiger partial charge >= 0.3 is 0 Å². The Balaban J connectivity index is 1.42. The van der Waals surface area contributed by atoms with Gasteiger partial charge in [0.25, 0.3) is 6.71 Å². The Morgan fingerprint density at radius 3 is 1.47 bits per heavy atom. The first kappa shape index (κ1) is 38.5. The Bertz CT molecular complexity index is 2690. The van der Waals surface area contributed by atoms with Gasteiger partial charge in [0.1, 0.15) is 0 Å². The molecule has 0 bridgehead atoms. The number of rotatable bonds is 3. The van der Waals surface area contributed by atoms with Crippen LogP contribution in [-0.4, -0.2) is 6.71 Å². The minimum absolute atomic E-state index is 0.00536. The molecule has 0 aliphatic carbocycles. The predicted octanol–water partition coefficient (Wildman–Crippen LogP) is 13.8. The minimum Gasteiger partial charge on any atom is -0.311 e. The minimum atomic E-state index is -0.00536. The molecule has 0 spiro atoms. The average Bonchev–Trinajstić information content (AvgIpc) is 3.55. The van der Waals surface area contributed by atoms with Gasteiger partial charge < -0.3 is 9.80 Å². The molecule has 3 heterocycles. The number of nitrogens with zero attached hydrogens (tertiary/aromatic N) is 2. The summed E-state index contributed by atoms with van der Waals surface area (Å²) in [5.41, 5.74) is 18.1. The van der Waals surface area contributed by atoms with Crippen molar-refractivity contribution in [2.24, 2.45) is 0 Å². The van der Waals surface area contributed by atoms with Crippen LogP contribution in [0, 0.1) is 0 Å². The van der Waals surface area contributed by atoms with Gasteiger partial charge in [0.2, 0.25) is 0 Å². The summed E-state index contributed by atoms with van der Waals surface area (Å²) in [5.74, 6) is 0. The SMILES string of the molecule is CC(C)(C)c1ccc(N2c3ccc(C(C)(C)C)cc3B3c4sc5ccc(C(C)(C)C)cc5c4N(c4ccc(C(C)(C)C)cc4)c4cc(-c5ccccc5)cc2c43)cc1. The van der Waals surface area contributed by atoms with E-state index in [1.807, 2.05) is 11.3 Å². The van der Waals surface area contributed by atoms with Crippen molar-refractivity contribution in [1.29, 1.82) is 0 Å². The molecule has 0 saturated heterocycles. The molecule has 0 unspecified atom stereocenters. The van der Waals surface area contributed by atoms with Crippen molar-refractivity contribution >= 4 is 78.0 Å². The lowest BCUT2D eigenvalue weighted by Gasteiger charge is -2.44. The Morgan fingerprint density at radius 1 is 0.431 bits per heavy atom. The Kier molecular flexibility index (Phi) is 8.77. The first-order valence-electron chi connectivity index (χ1n) is 21.1. The lowest BCUT2D eigenvalue weighted by molar-refractivity contribution is 0.590. The topological polar surface area (TPSA) is 6.48 Å². The summed E-state index contributed by atoms with van der Waals surface area (Å²) in [7, 11) is 0. The second-order valence-corrected chi connectivity index (χ2v) is 21.9. The molecule has 0 saturated carbocycles. The van der Waals surface area contributed by atoms with Crippen LogP contribution >= 0.6 is 11.3 Å². The van der Waals surface area contributed by atoms with Crippen LogP contribution in [0.3, 0.4) is 0 Å². The first-order valence-corrected chi connectivity index (χ1v) is 21.9. The lowest BCUT2D eigenvalue weighted by atomic mass is 9.36. The zero-order valence-corrected chi connectivity index (χ0v) is 37.3. The third kappa shape index (κ3) is 6.40. The second-order valence-electron chi connectivity index (χ2n) is 20.8. The standard InChI is InChI=1S/C54H57BN2S/c1-51(2,3)36-18-24-40(25-19-36)56-44-28-22-39(54(10,11)12)33-43(44)55-48-45(56)30-35(34-16-14-13-15-17-34)31-46(48)57(41-26-20-37(21-27-41)52(4,5)6)49-42-32-38(53(7,8)9)23-29-47(42)58-50(49)55/h13-33H,1-12H3. The van der Waals surface area contributed by atoms with E-state index in [-0.39, 0.29) is 28.4 Å². The van der Waals surface area contributed by atoms with Crippen LogP contribution in [0.25, 0.3) is 21.2 Å². The summed E-state index contributed by atoms with van der Waals surface area (Å²) in [6, 6.07) is 49.2. The predicted molar refractivity (Wildman–Crippen MR) is 256 cm³/mol. The smallest absolute Gasteiger partial charge is 0.264 e. The molecule has 2 nitrogen and oxygen atoms in total. The summed E-state index contributed by atoms with van der Waals surface area (Å²) in [5, 5.41) is 1.33. The van der Waals surface area contributed by atoms with Crippen molar-refractivity contribution < 1.29 is 0 Å². The molecule has 1 aromatic heterocycles. The van der Waals surface area contributed by atoms with Crippen molar-refractivity contribution in [1.82, 2.24) is 0 Å². The molecule has 0 fully saturated rings. The molecular formula is C54H57BN2S. The number of fused-ring (bicyclic) bond motifs is 6. The van der Waals surface area contributed by atoms with E-state index in [0.29, 0.717) is 0 Å². The van der Waals surface area contributed by atoms with Gasteiger partial charge in [-0.3, -0.25) is 0 Å². The molecule has 6 aromatic carbocycles. The van der Waals surface area contributed by atoms with Crippen molar-refractivity contribution in [3.63, 3.8) is 0 Å². The third-order valence-corrected chi connectivity index (χ3v) is 13.7. The van der Waals surface area contributed by atoms with E-state index >= 15 is 0 Å². The van der Waals surface area contributed by atoms with Crippen molar-refractivity contribution in [2.45, 2.75) is 105 Å². The number of hydrogen-bond acceptors (Lipinski definition) is 3. The van der Waals surface area contributed by atoms with Gasteiger partial charge in [0.15, 0.2) is 0 Å². The highest BCUT2D eigenvalue weighted by Crippen LogP contribution is 2.50. The summed E-state index contributed by atoms with van der Waals surface area (Å²) in [4.78, 5) is 5.18. The van der Waals surface area contributed by atoms with Crippen molar-refractivity contribution in [2.75, 3.05) is 9.80 Å². The molecule has 0 atom stereocenters. The average molecular weight is 777 g/mol. The van der Waals surface area contributed by atoms with Gasteiger partial charge in [-0.15, -0.1) is 11.3 Å². The molecule has 9 rings (SSSR count). The quantitative estimate of drug-likeness (QED) is 0.165. The van der Waals surface area contributed by atoms with Gasteiger partial charge in [-0.05, 0) is 121 Å². The largest absolute Gasteiger partial charge is 0.311 e. The number of thiophene rings is 1. The van der Waals surface area contributed by atoms with E-state index in [2.05, 4.69) is 220 Å². The van der Waals surface area contributed by atoms with Crippen LogP contribution in [0.1, 0.15) is 105 Å². The molecule has 4 heteroatoms. The van der Waals surface area contributed by atoms with E-state index in [9.17, 15) is 0 Å². The van der Waals surface area contributed by atoms with Gasteiger partial charge in [-0.25, -0.2) is 0 Å². The van der Waals surface area contributed by atoms with Gasteiger partial charge in [-0.2, -0.15) is 0 Å². The fourth-order valence-electron chi connectivity index (χ4n) is 8.98. The number of benzene rings is 6. The van der Waals surface area contributed by atoms with Crippen LogP contribution in [-0.2, 0) is 21.7 Å². The van der Waals surface area contributed by atoms with Gasteiger partial charge in [0.05, 0.1) is 5.69 Å². The molecule has 7 aromatic rings. The Morgan fingerprint density at radius 2 is 0.914 bits per heavy atom. The highest BCUT2D eigenvalue weighted by molar-refractivity contribution is 7.33. The molecule has 2 aliphatic rings. The van der Waals surface area contributed by atoms with E-state index in [4.69, 9.17) is 0 Å². The first-order chi connectivity index (χ1) is 27.3. The maximum atomic E-state index is 2.62. The lowest BCUT2D eigenvalue weighted by Crippen LogP contribution is -2.60. The molecule has 0 radical (unpaired) electrons. The Hall–Kier alpha value is -5.06. The van der Waals surface area contributed by atoms with Crippen molar-refractivity contribution in [3.8, 4) is 11.1 Å². The monoisotopic (exact) mass is 776 g/mol.